The first-order chi connectivity index (χ1) is 9.70. The second-order valence-electron chi connectivity index (χ2n) is 5.29. The SMILES string of the molecule is CC1OCCC1C(=O)NCC(CO)Cc1ccccn1. The number of pyridine rings is 1. The maximum atomic E-state index is 12.0. The molecule has 2 heterocycles. The van der Waals surface area contributed by atoms with E-state index in [0.29, 0.717) is 19.6 Å². The zero-order valence-electron chi connectivity index (χ0n) is 11.8. The Balaban J connectivity index is 1.80. The lowest BCUT2D eigenvalue weighted by Gasteiger charge is -2.18. The molecule has 0 aliphatic carbocycles. The average molecular weight is 278 g/mol. The van der Waals surface area contributed by atoms with Gasteiger partial charge in [-0.25, -0.2) is 0 Å². The molecule has 1 fully saturated rings. The summed E-state index contributed by atoms with van der Waals surface area (Å²) in [6.07, 6.45) is 3.16. The predicted octanol–water partition coefficient (Wildman–Crippen LogP) is 0.774. The number of carbonyl (C=O) groups is 1. The first kappa shape index (κ1) is 14.9. The number of nitrogens with zero attached hydrogens (tertiary/aromatic N) is 1. The number of amides is 1. The molecule has 1 aromatic rings. The summed E-state index contributed by atoms with van der Waals surface area (Å²) in [7, 11) is 0. The summed E-state index contributed by atoms with van der Waals surface area (Å²) in [4.78, 5) is 16.3. The summed E-state index contributed by atoms with van der Waals surface area (Å²) in [6.45, 7) is 3.08. The fourth-order valence-electron chi connectivity index (χ4n) is 2.47. The van der Waals surface area contributed by atoms with Gasteiger partial charge in [0.05, 0.1) is 12.0 Å². The minimum atomic E-state index is -0.0656. The number of aromatic nitrogens is 1. The van der Waals surface area contributed by atoms with Gasteiger partial charge in [-0.3, -0.25) is 9.78 Å². The standard InChI is InChI=1S/C15H22N2O3/c1-11-14(5-7-20-11)15(19)17-9-12(10-18)8-13-4-2-3-6-16-13/h2-4,6,11-12,14,18H,5,7-10H2,1H3,(H,17,19). The van der Waals surface area contributed by atoms with Gasteiger partial charge in [0.15, 0.2) is 0 Å². The van der Waals surface area contributed by atoms with Crippen LogP contribution >= 0.6 is 0 Å². The molecule has 0 bridgehead atoms. The number of hydrogen-bond donors (Lipinski definition) is 2. The van der Waals surface area contributed by atoms with Crippen molar-refractivity contribution in [2.24, 2.45) is 11.8 Å². The van der Waals surface area contributed by atoms with Crippen molar-refractivity contribution in [2.45, 2.75) is 25.9 Å². The Hall–Kier alpha value is -1.46. The molecule has 0 radical (unpaired) electrons. The second kappa shape index (κ2) is 7.36. The van der Waals surface area contributed by atoms with Gasteiger partial charge in [0.1, 0.15) is 0 Å². The molecule has 3 unspecified atom stereocenters. The molecular weight excluding hydrogens is 256 g/mol. The van der Waals surface area contributed by atoms with Crippen molar-refractivity contribution in [1.82, 2.24) is 10.3 Å². The number of hydrogen-bond acceptors (Lipinski definition) is 4. The normalized spacial score (nSPS) is 23.5. The quantitative estimate of drug-likeness (QED) is 0.806. The molecular formula is C15H22N2O3. The zero-order chi connectivity index (χ0) is 14.4. The molecule has 2 rings (SSSR count). The molecule has 0 aromatic carbocycles. The topological polar surface area (TPSA) is 71.5 Å². The maximum absolute atomic E-state index is 12.0. The molecule has 2 N–H and O–H groups in total. The molecule has 5 nitrogen and oxygen atoms in total. The van der Waals surface area contributed by atoms with Crippen LogP contribution in [-0.2, 0) is 16.0 Å². The Bertz CT molecular complexity index is 424. The summed E-state index contributed by atoms with van der Waals surface area (Å²) in [6, 6.07) is 5.71. The lowest BCUT2D eigenvalue weighted by molar-refractivity contribution is -0.126. The average Bonchev–Trinajstić information content (AvgIpc) is 2.90. The summed E-state index contributed by atoms with van der Waals surface area (Å²) < 4.78 is 5.40. The lowest BCUT2D eigenvalue weighted by Crippen LogP contribution is -2.38. The highest BCUT2D eigenvalue weighted by molar-refractivity contribution is 5.79. The second-order valence-corrected chi connectivity index (χ2v) is 5.29. The monoisotopic (exact) mass is 278 g/mol. The van der Waals surface area contributed by atoms with Gasteiger partial charge in [0.25, 0.3) is 0 Å². The van der Waals surface area contributed by atoms with E-state index < -0.39 is 0 Å². The van der Waals surface area contributed by atoms with Gasteiger partial charge in [-0.05, 0) is 31.9 Å². The Kier molecular flexibility index (Phi) is 5.49. The third kappa shape index (κ3) is 4.02. The molecule has 110 valence electrons. The van der Waals surface area contributed by atoms with Crippen molar-refractivity contribution in [3.63, 3.8) is 0 Å². The van der Waals surface area contributed by atoms with Gasteiger partial charge in [-0.2, -0.15) is 0 Å². The van der Waals surface area contributed by atoms with E-state index in [1.165, 1.54) is 0 Å². The largest absolute Gasteiger partial charge is 0.396 e. The van der Waals surface area contributed by atoms with E-state index in [-0.39, 0.29) is 30.5 Å². The first-order valence-electron chi connectivity index (χ1n) is 7.10. The van der Waals surface area contributed by atoms with Crippen LogP contribution in [0.5, 0.6) is 0 Å². The number of carbonyl (C=O) groups excluding carboxylic acids is 1. The van der Waals surface area contributed by atoms with Gasteiger partial charge >= 0.3 is 0 Å². The lowest BCUT2D eigenvalue weighted by atomic mass is 10.00. The molecule has 3 atom stereocenters. The van der Waals surface area contributed by atoms with E-state index in [2.05, 4.69) is 10.3 Å². The van der Waals surface area contributed by atoms with Crippen LogP contribution in [0.4, 0.5) is 0 Å². The van der Waals surface area contributed by atoms with E-state index in [4.69, 9.17) is 4.74 Å². The van der Waals surface area contributed by atoms with Crippen molar-refractivity contribution >= 4 is 5.91 Å². The van der Waals surface area contributed by atoms with Crippen LogP contribution in [0.1, 0.15) is 19.0 Å². The number of rotatable bonds is 6. The highest BCUT2D eigenvalue weighted by atomic mass is 16.5. The summed E-state index contributed by atoms with van der Waals surface area (Å²) >= 11 is 0. The highest BCUT2D eigenvalue weighted by Gasteiger charge is 2.30. The molecule has 1 amide bonds. The Morgan fingerprint density at radius 1 is 1.60 bits per heavy atom. The van der Waals surface area contributed by atoms with Gasteiger partial charge in [-0.1, -0.05) is 6.07 Å². The van der Waals surface area contributed by atoms with E-state index in [1.807, 2.05) is 25.1 Å². The third-order valence-electron chi connectivity index (χ3n) is 3.76. The molecule has 1 aromatic heterocycles. The predicted molar refractivity (Wildman–Crippen MR) is 75.0 cm³/mol. The van der Waals surface area contributed by atoms with Crippen LogP contribution in [-0.4, -0.2) is 41.9 Å². The number of nitrogens with one attached hydrogen (secondary N) is 1. The summed E-state index contributed by atoms with van der Waals surface area (Å²) in [5.41, 5.74) is 0.929. The van der Waals surface area contributed by atoms with Crippen LogP contribution in [0.15, 0.2) is 24.4 Å². The molecule has 0 spiro atoms. The minimum Gasteiger partial charge on any atom is -0.396 e. The van der Waals surface area contributed by atoms with E-state index in [1.54, 1.807) is 6.20 Å². The van der Waals surface area contributed by atoms with E-state index >= 15 is 0 Å². The van der Waals surface area contributed by atoms with Gasteiger partial charge < -0.3 is 15.2 Å². The van der Waals surface area contributed by atoms with Crippen LogP contribution in [0.3, 0.4) is 0 Å². The van der Waals surface area contributed by atoms with Crippen molar-refractivity contribution < 1.29 is 14.6 Å². The summed E-state index contributed by atoms with van der Waals surface area (Å²) in [5.74, 6) is -0.0508. The van der Waals surface area contributed by atoms with E-state index in [0.717, 1.165) is 12.1 Å². The van der Waals surface area contributed by atoms with Crippen molar-refractivity contribution in [3.8, 4) is 0 Å². The molecule has 5 heteroatoms. The smallest absolute Gasteiger partial charge is 0.225 e. The van der Waals surface area contributed by atoms with Crippen LogP contribution in [0.25, 0.3) is 0 Å². The van der Waals surface area contributed by atoms with Crippen molar-refractivity contribution in [3.05, 3.63) is 30.1 Å². The van der Waals surface area contributed by atoms with Gasteiger partial charge in [-0.15, -0.1) is 0 Å². The highest BCUT2D eigenvalue weighted by Crippen LogP contribution is 2.20. The first-order valence-corrected chi connectivity index (χ1v) is 7.10. The molecule has 1 saturated heterocycles. The van der Waals surface area contributed by atoms with Gasteiger partial charge in [0.2, 0.25) is 5.91 Å². The van der Waals surface area contributed by atoms with E-state index in [9.17, 15) is 9.90 Å². The minimum absolute atomic E-state index is 0.00789. The fourth-order valence-corrected chi connectivity index (χ4v) is 2.47. The maximum Gasteiger partial charge on any atom is 0.225 e. The molecule has 0 saturated carbocycles. The third-order valence-corrected chi connectivity index (χ3v) is 3.76. The molecule has 20 heavy (non-hydrogen) atoms. The van der Waals surface area contributed by atoms with Crippen LogP contribution in [0, 0.1) is 11.8 Å². The van der Waals surface area contributed by atoms with Crippen molar-refractivity contribution in [2.75, 3.05) is 19.8 Å². The number of ether oxygens (including phenoxy) is 1. The molecule has 1 aliphatic heterocycles. The summed E-state index contributed by atoms with van der Waals surface area (Å²) in [5, 5.41) is 12.3. The zero-order valence-corrected chi connectivity index (χ0v) is 11.8. The van der Waals surface area contributed by atoms with Crippen molar-refractivity contribution in [1.29, 1.82) is 0 Å². The van der Waals surface area contributed by atoms with Crippen LogP contribution < -0.4 is 5.32 Å². The Morgan fingerprint density at radius 2 is 2.45 bits per heavy atom. The van der Waals surface area contributed by atoms with Gasteiger partial charge in [0, 0.05) is 37.6 Å². The fraction of sp³-hybridized carbons (Fsp3) is 0.600. The number of aliphatic hydroxyl groups excluding tert-OH is 1. The van der Waals surface area contributed by atoms with Crippen LogP contribution in [0.2, 0.25) is 0 Å². The Labute approximate surface area is 119 Å². The number of aliphatic hydroxyl groups is 1. The Morgan fingerprint density at radius 3 is 3.05 bits per heavy atom. The molecule has 1 aliphatic rings.